The van der Waals surface area contributed by atoms with E-state index in [-0.39, 0.29) is 11.8 Å². The van der Waals surface area contributed by atoms with Crippen LogP contribution in [0.15, 0.2) is 29.2 Å². The minimum absolute atomic E-state index is 0.00932. The molecule has 0 bridgehead atoms. The highest BCUT2D eigenvalue weighted by Gasteiger charge is 2.31. The van der Waals surface area contributed by atoms with Gasteiger partial charge in [-0.05, 0) is 46.2 Å². The van der Waals surface area contributed by atoms with Crippen LogP contribution >= 0.6 is 0 Å². The summed E-state index contributed by atoms with van der Waals surface area (Å²) in [7, 11) is -4.64. The van der Waals surface area contributed by atoms with Crippen molar-refractivity contribution in [3.05, 3.63) is 29.8 Å². The molecule has 0 saturated carbocycles. The normalized spacial score (nSPS) is 15.7. The van der Waals surface area contributed by atoms with E-state index in [4.69, 9.17) is 0 Å². The molecule has 0 amide bonds. The van der Waals surface area contributed by atoms with Gasteiger partial charge in [0, 0.05) is 6.04 Å². The van der Waals surface area contributed by atoms with Gasteiger partial charge >= 0.3 is 0 Å². The molecule has 1 N–H and O–H groups in total. The van der Waals surface area contributed by atoms with Crippen molar-refractivity contribution < 1.29 is 12.6 Å². The van der Waals surface area contributed by atoms with Gasteiger partial charge in [0.25, 0.3) is 0 Å². The molecule has 0 saturated heterocycles. The summed E-state index contributed by atoms with van der Waals surface area (Å²) in [4.78, 5) is 0.659. The number of nitrogens with one attached hydrogen (secondary N) is 1. The first kappa shape index (κ1) is 18.3. The fourth-order valence-electron chi connectivity index (χ4n) is 1.63. The summed E-state index contributed by atoms with van der Waals surface area (Å²) in [5, 5.41) is 0. The summed E-state index contributed by atoms with van der Waals surface area (Å²) in [6, 6.07) is 7.05. The van der Waals surface area contributed by atoms with Crippen LogP contribution < -0.4 is 4.72 Å². The number of hydrogen-bond acceptors (Lipinski definition) is 3. The van der Waals surface area contributed by atoms with Gasteiger partial charge < -0.3 is 0 Å². The van der Waals surface area contributed by atoms with E-state index in [2.05, 4.69) is 4.72 Å². The molecule has 0 aromatic heterocycles. The Hall–Kier alpha value is -0.720. The van der Waals surface area contributed by atoms with E-state index in [1.54, 1.807) is 32.9 Å². The molecule has 0 aliphatic rings. The molecule has 0 aliphatic heterocycles. The Morgan fingerprint density at radius 2 is 1.71 bits per heavy atom. The van der Waals surface area contributed by atoms with Crippen molar-refractivity contribution in [3.63, 3.8) is 0 Å². The minimum Gasteiger partial charge on any atom is -0.237 e. The van der Waals surface area contributed by atoms with Crippen LogP contribution in [0.1, 0.15) is 39.7 Å². The molecule has 21 heavy (non-hydrogen) atoms. The number of benzene rings is 1. The lowest BCUT2D eigenvalue weighted by Crippen LogP contribution is -2.41. The molecule has 0 spiro atoms. The molecule has 120 valence electrons. The lowest BCUT2D eigenvalue weighted by atomic mass is 10.2. The zero-order valence-corrected chi connectivity index (χ0v) is 15.0. The monoisotopic (exact) mass is 331 g/mol. The Labute approximate surface area is 130 Å². The van der Waals surface area contributed by atoms with E-state index in [0.717, 1.165) is 5.56 Å². The molecule has 4 nitrogen and oxygen atoms in total. The number of aryl methyl sites for hydroxylation is 1. The third kappa shape index (κ3) is 5.20. The molecule has 0 heterocycles. The Bertz CT molecular complexity index is 586. The molecule has 6 heteroatoms. The predicted octanol–water partition coefficient (Wildman–Crippen LogP) is 2.60. The van der Waals surface area contributed by atoms with Crippen LogP contribution in [0.25, 0.3) is 0 Å². The van der Waals surface area contributed by atoms with Crippen LogP contribution in [0.4, 0.5) is 0 Å². The molecular weight excluding hydrogens is 306 g/mol. The van der Waals surface area contributed by atoms with Crippen LogP contribution in [0.3, 0.4) is 0 Å². The third-order valence-electron chi connectivity index (χ3n) is 3.36. The average molecular weight is 332 g/mol. The molecule has 0 radical (unpaired) electrons. The van der Waals surface area contributed by atoms with Gasteiger partial charge in [-0.2, -0.15) is 0 Å². The highest BCUT2D eigenvalue weighted by molar-refractivity contribution is 7.92. The summed E-state index contributed by atoms with van der Waals surface area (Å²) < 4.78 is 38.9. The van der Waals surface area contributed by atoms with E-state index in [9.17, 15) is 12.6 Å². The lowest BCUT2D eigenvalue weighted by molar-refractivity contribution is 0.543. The van der Waals surface area contributed by atoms with Gasteiger partial charge in [0.1, 0.15) is 11.0 Å². The van der Waals surface area contributed by atoms with Gasteiger partial charge in [0.2, 0.25) is 0 Å². The largest absolute Gasteiger partial charge is 0.237 e. The smallest absolute Gasteiger partial charge is 0.156 e. The molecule has 1 aromatic carbocycles. The Kier molecular flexibility index (Phi) is 6.13. The van der Waals surface area contributed by atoms with Crippen molar-refractivity contribution >= 4 is 20.8 Å². The second kappa shape index (κ2) is 7.03. The second-order valence-electron chi connectivity index (χ2n) is 6.20. The van der Waals surface area contributed by atoms with Crippen molar-refractivity contribution in [3.8, 4) is 0 Å². The van der Waals surface area contributed by atoms with E-state index < -0.39 is 25.6 Å². The SMILES string of the molecule is CC[C@H](CS(=O)(=O)C(C)(C)C)NS(=O)c1ccc(C)cc1. The van der Waals surface area contributed by atoms with Crippen molar-refractivity contribution in [1.82, 2.24) is 4.72 Å². The van der Waals surface area contributed by atoms with Gasteiger partial charge in [-0.25, -0.2) is 17.3 Å². The summed E-state index contributed by atoms with van der Waals surface area (Å²) in [5.74, 6) is -0.00932. The zero-order valence-electron chi connectivity index (χ0n) is 13.3. The molecule has 1 unspecified atom stereocenters. The highest BCUT2D eigenvalue weighted by atomic mass is 32.2. The van der Waals surface area contributed by atoms with Crippen LogP contribution in [-0.4, -0.2) is 29.2 Å². The van der Waals surface area contributed by atoms with Gasteiger partial charge in [-0.1, -0.05) is 24.6 Å². The molecule has 0 aliphatic carbocycles. The Balaban J connectivity index is 2.79. The number of hydrogen-bond donors (Lipinski definition) is 1. The van der Waals surface area contributed by atoms with Crippen LogP contribution in [-0.2, 0) is 20.8 Å². The maximum Gasteiger partial charge on any atom is 0.156 e. The van der Waals surface area contributed by atoms with Crippen molar-refractivity contribution in [2.45, 2.75) is 56.7 Å². The van der Waals surface area contributed by atoms with Crippen molar-refractivity contribution in [2.24, 2.45) is 0 Å². The van der Waals surface area contributed by atoms with Gasteiger partial charge in [0.15, 0.2) is 9.84 Å². The summed E-state index contributed by atoms with van der Waals surface area (Å²) in [5.41, 5.74) is 1.10. The number of rotatable bonds is 6. The zero-order chi connectivity index (χ0) is 16.3. The molecule has 1 rings (SSSR count). The molecule has 2 atom stereocenters. The van der Waals surface area contributed by atoms with E-state index in [1.165, 1.54) is 0 Å². The minimum atomic E-state index is -3.24. The Morgan fingerprint density at radius 1 is 1.19 bits per heavy atom. The van der Waals surface area contributed by atoms with Crippen LogP contribution in [0.5, 0.6) is 0 Å². The van der Waals surface area contributed by atoms with Crippen molar-refractivity contribution in [2.75, 3.05) is 5.75 Å². The van der Waals surface area contributed by atoms with E-state index in [1.807, 2.05) is 26.0 Å². The topological polar surface area (TPSA) is 63.2 Å². The van der Waals surface area contributed by atoms with Crippen LogP contribution in [0, 0.1) is 6.92 Å². The first-order chi connectivity index (χ1) is 9.56. The number of sulfone groups is 1. The maximum atomic E-state index is 12.3. The average Bonchev–Trinajstić information content (AvgIpc) is 2.37. The van der Waals surface area contributed by atoms with Gasteiger partial charge in [0.05, 0.1) is 15.4 Å². The van der Waals surface area contributed by atoms with Gasteiger partial charge in [-0.15, -0.1) is 0 Å². The van der Waals surface area contributed by atoms with Crippen LogP contribution in [0.2, 0.25) is 0 Å². The van der Waals surface area contributed by atoms with Crippen molar-refractivity contribution in [1.29, 1.82) is 0 Å². The molecule has 1 aromatic rings. The first-order valence-electron chi connectivity index (χ1n) is 7.03. The predicted molar refractivity (Wildman–Crippen MR) is 88.3 cm³/mol. The second-order valence-corrected chi connectivity index (χ2v) is 10.2. The van der Waals surface area contributed by atoms with Gasteiger partial charge in [-0.3, -0.25) is 0 Å². The lowest BCUT2D eigenvalue weighted by Gasteiger charge is -2.23. The van der Waals surface area contributed by atoms with E-state index >= 15 is 0 Å². The highest BCUT2D eigenvalue weighted by Crippen LogP contribution is 2.18. The summed E-state index contributed by atoms with van der Waals surface area (Å²) in [6.07, 6.45) is 0.604. The molecular formula is C15H25NO3S2. The summed E-state index contributed by atoms with van der Waals surface area (Å²) >= 11 is 0. The first-order valence-corrected chi connectivity index (χ1v) is 9.84. The van der Waals surface area contributed by atoms with E-state index in [0.29, 0.717) is 11.3 Å². The standard InChI is InChI=1S/C15H25NO3S2/c1-6-13(11-21(18,19)15(3,4)5)16-20(17)14-9-7-12(2)8-10-14/h7-10,13,16H,6,11H2,1-5H3/t13-,20?/m1/s1. The Morgan fingerprint density at radius 3 is 2.14 bits per heavy atom. The fraction of sp³-hybridized carbons (Fsp3) is 0.600. The molecule has 0 fully saturated rings. The fourth-order valence-corrected chi connectivity index (χ4v) is 4.16. The third-order valence-corrected chi connectivity index (χ3v) is 7.31. The maximum absolute atomic E-state index is 12.3. The quantitative estimate of drug-likeness (QED) is 0.871. The summed E-state index contributed by atoms with van der Waals surface area (Å²) in [6.45, 7) is 8.91.